The van der Waals surface area contributed by atoms with Gasteiger partial charge in [0, 0.05) is 25.0 Å². The molecule has 3 aromatic heterocycles. The second kappa shape index (κ2) is 5.59. The average Bonchev–Trinajstić information content (AvgIpc) is 3.02. The van der Waals surface area contributed by atoms with Crippen LogP contribution in [0.25, 0.3) is 22.7 Å². The van der Waals surface area contributed by atoms with Gasteiger partial charge >= 0.3 is 6.43 Å². The standard InChI is InChI=1S/C14H10F2N4O3/c1-20-5-3-9(21)10(14(20)22)8-6-7(2-4-17-8)12-18-19-13(23-12)11(15)16/h2-6,11,21H,1H3. The van der Waals surface area contributed by atoms with Crippen LogP contribution in [0.2, 0.25) is 0 Å². The zero-order valence-electron chi connectivity index (χ0n) is 11.8. The highest BCUT2D eigenvalue weighted by Crippen LogP contribution is 2.28. The fourth-order valence-electron chi connectivity index (χ4n) is 2.00. The summed E-state index contributed by atoms with van der Waals surface area (Å²) in [6.07, 6.45) is -0.108. The SMILES string of the molecule is Cn1ccc(O)c(-c2cc(-c3nnc(C(F)F)o3)ccn2)c1=O. The molecule has 0 fully saturated rings. The molecule has 0 aliphatic rings. The van der Waals surface area contributed by atoms with Crippen LogP contribution >= 0.6 is 0 Å². The lowest BCUT2D eigenvalue weighted by atomic mass is 10.1. The van der Waals surface area contributed by atoms with Gasteiger partial charge in [0.05, 0.1) is 5.69 Å². The lowest BCUT2D eigenvalue weighted by Gasteiger charge is -2.06. The topological polar surface area (TPSA) is 94.0 Å². The first-order chi connectivity index (χ1) is 11.0. The van der Waals surface area contributed by atoms with E-state index in [0.717, 1.165) is 0 Å². The van der Waals surface area contributed by atoms with Gasteiger partial charge < -0.3 is 14.1 Å². The number of aromatic nitrogens is 4. The molecule has 0 amide bonds. The van der Waals surface area contributed by atoms with Crippen LogP contribution < -0.4 is 5.56 Å². The van der Waals surface area contributed by atoms with Crippen molar-refractivity contribution in [3.05, 3.63) is 46.8 Å². The second-order valence-corrected chi connectivity index (χ2v) is 4.67. The first kappa shape index (κ1) is 14.8. The molecule has 0 spiro atoms. The third-order valence-corrected chi connectivity index (χ3v) is 3.14. The van der Waals surface area contributed by atoms with Gasteiger partial charge in [-0.1, -0.05) is 0 Å². The minimum Gasteiger partial charge on any atom is -0.507 e. The molecule has 0 aliphatic carbocycles. The molecule has 9 heteroatoms. The first-order valence-corrected chi connectivity index (χ1v) is 6.44. The van der Waals surface area contributed by atoms with Gasteiger partial charge in [-0.2, -0.15) is 8.78 Å². The van der Waals surface area contributed by atoms with Gasteiger partial charge in [0.1, 0.15) is 11.3 Å². The Kier molecular flexibility index (Phi) is 3.61. The van der Waals surface area contributed by atoms with E-state index < -0.39 is 17.9 Å². The van der Waals surface area contributed by atoms with Gasteiger partial charge in [0.2, 0.25) is 5.89 Å². The zero-order chi connectivity index (χ0) is 16.6. The Morgan fingerprint density at radius 3 is 2.78 bits per heavy atom. The summed E-state index contributed by atoms with van der Waals surface area (Å²) >= 11 is 0. The van der Waals surface area contributed by atoms with Crippen molar-refractivity contribution in [3.63, 3.8) is 0 Å². The zero-order valence-corrected chi connectivity index (χ0v) is 11.8. The molecule has 0 aromatic carbocycles. The molecule has 3 heterocycles. The summed E-state index contributed by atoms with van der Waals surface area (Å²) in [4.78, 5) is 16.2. The third kappa shape index (κ3) is 2.68. The molecule has 0 saturated carbocycles. The van der Waals surface area contributed by atoms with Gasteiger partial charge in [0.15, 0.2) is 0 Å². The Bertz CT molecular complexity index is 920. The van der Waals surface area contributed by atoms with E-state index in [9.17, 15) is 18.7 Å². The molecule has 0 saturated heterocycles. The Balaban J connectivity index is 2.10. The normalized spacial score (nSPS) is 11.1. The van der Waals surface area contributed by atoms with Crippen molar-refractivity contribution in [1.29, 1.82) is 0 Å². The van der Waals surface area contributed by atoms with E-state index in [1.165, 1.54) is 42.2 Å². The fourth-order valence-corrected chi connectivity index (χ4v) is 2.00. The summed E-state index contributed by atoms with van der Waals surface area (Å²) in [5.74, 6) is -1.16. The molecule has 3 aromatic rings. The number of halogens is 2. The predicted octanol–water partition coefficient (Wildman–Crippen LogP) is 2.14. The number of hydrogen-bond donors (Lipinski definition) is 1. The second-order valence-electron chi connectivity index (χ2n) is 4.67. The van der Waals surface area contributed by atoms with Crippen LogP contribution in [-0.4, -0.2) is 24.9 Å². The van der Waals surface area contributed by atoms with Crippen molar-refractivity contribution in [3.8, 4) is 28.5 Å². The van der Waals surface area contributed by atoms with Gasteiger partial charge in [-0.3, -0.25) is 9.78 Å². The van der Waals surface area contributed by atoms with Gasteiger partial charge in [-0.05, 0) is 18.2 Å². The number of pyridine rings is 2. The maximum absolute atomic E-state index is 12.5. The average molecular weight is 320 g/mol. The van der Waals surface area contributed by atoms with E-state index in [0.29, 0.717) is 5.56 Å². The van der Waals surface area contributed by atoms with E-state index in [2.05, 4.69) is 15.2 Å². The van der Waals surface area contributed by atoms with E-state index in [1.54, 1.807) is 0 Å². The maximum atomic E-state index is 12.5. The Morgan fingerprint density at radius 2 is 2.09 bits per heavy atom. The van der Waals surface area contributed by atoms with Gasteiger partial charge in [0.25, 0.3) is 11.4 Å². The van der Waals surface area contributed by atoms with E-state index in [4.69, 9.17) is 4.42 Å². The predicted molar refractivity (Wildman–Crippen MR) is 74.8 cm³/mol. The molecule has 118 valence electrons. The van der Waals surface area contributed by atoms with E-state index in [1.807, 2.05) is 0 Å². The smallest absolute Gasteiger partial charge is 0.314 e. The lowest BCUT2D eigenvalue weighted by molar-refractivity contribution is 0.116. The number of alkyl halides is 2. The van der Waals surface area contributed by atoms with E-state index >= 15 is 0 Å². The van der Waals surface area contributed by atoms with Crippen molar-refractivity contribution in [1.82, 2.24) is 19.7 Å². The number of aromatic hydroxyl groups is 1. The lowest BCUT2D eigenvalue weighted by Crippen LogP contribution is -2.18. The van der Waals surface area contributed by atoms with Crippen LogP contribution in [0.5, 0.6) is 5.75 Å². The minimum absolute atomic E-state index is 0.00884. The molecular weight excluding hydrogens is 310 g/mol. The molecule has 0 bridgehead atoms. The quantitative estimate of drug-likeness (QED) is 0.794. The summed E-state index contributed by atoms with van der Waals surface area (Å²) in [6.45, 7) is 0. The van der Waals surface area contributed by atoms with Crippen LogP contribution in [0.1, 0.15) is 12.3 Å². The summed E-state index contributed by atoms with van der Waals surface area (Å²) in [5.41, 5.74) is 0.0107. The largest absolute Gasteiger partial charge is 0.507 e. The monoisotopic (exact) mass is 320 g/mol. The van der Waals surface area contributed by atoms with Crippen LogP contribution in [0.3, 0.4) is 0 Å². The highest BCUT2D eigenvalue weighted by atomic mass is 19.3. The summed E-state index contributed by atoms with van der Waals surface area (Å²) in [7, 11) is 1.53. The van der Waals surface area contributed by atoms with E-state index in [-0.39, 0.29) is 22.9 Å². The highest BCUT2D eigenvalue weighted by Gasteiger charge is 2.18. The third-order valence-electron chi connectivity index (χ3n) is 3.14. The Hall–Kier alpha value is -3.10. The molecule has 0 unspecified atom stereocenters. The van der Waals surface area contributed by atoms with Crippen LogP contribution in [-0.2, 0) is 7.05 Å². The molecule has 0 radical (unpaired) electrons. The molecule has 7 nitrogen and oxygen atoms in total. The van der Waals surface area contributed by atoms with Crippen molar-refractivity contribution in [2.24, 2.45) is 7.05 Å². The molecule has 1 N–H and O–H groups in total. The fraction of sp³-hybridized carbons (Fsp3) is 0.143. The van der Waals surface area contributed by atoms with Crippen molar-refractivity contribution < 1.29 is 18.3 Å². The van der Waals surface area contributed by atoms with Gasteiger partial charge in [-0.15, -0.1) is 10.2 Å². The number of hydrogen-bond acceptors (Lipinski definition) is 6. The number of nitrogens with zero attached hydrogens (tertiary/aromatic N) is 4. The van der Waals surface area contributed by atoms with Crippen molar-refractivity contribution >= 4 is 0 Å². The Morgan fingerprint density at radius 1 is 1.30 bits per heavy atom. The highest BCUT2D eigenvalue weighted by molar-refractivity contribution is 5.69. The van der Waals surface area contributed by atoms with Crippen LogP contribution in [0, 0.1) is 0 Å². The molecule has 3 rings (SSSR count). The molecule has 0 aliphatic heterocycles. The molecular formula is C14H10F2N4O3. The summed E-state index contributed by atoms with van der Waals surface area (Å²) < 4.78 is 31.2. The maximum Gasteiger partial charge on any atom is 0.314 e. The molecule has 0 atom stereocenters. The van der Waals surface area contributed by atoms with Crippen molar-refractivity contribution in [2.75, 3.05) is 0 Å². The summed E-state index contributed by atoms with van der Waals surface area (Å²) in [5, 5.41) is 16.7. The van der Waals surface area contributed by atoms with Crippen LogP contribution in [0.4, 0.5) is 8.78 Å². The number of aryl methyl sites for hydroxylation is 1. The molecule has 23 heavy (non-hydrogen) atoms. The number of rotatable bonds is 3. The van der Waals surface area contributed by atoms with Gasteiger partial charge in [-0.25, -0.2) is 0 Å². The van der Waals surface area contributed by atoms with Crippen molar-refractivity contribution in [2.45, 2.75) is 6.43 Å². The first-order valence-electron chi connectivity index (χ1n) is 6.44. The Labute approximate surface area is 127 Å². The summed E-state index contributed by atoms with van der Waals surface area (Å²) in [6, 6.07) is 4.22. The van der Waals surface area contributed by atoms with Crippen LogP contribution in [0.15, 0.2) is 39.8 Å². The minimum atomic E-state index is -2.87.